The highest BCUT2D eigenvalue weighted by Crippen LogP contribution is 2.34. The quantitative estimate of drug-likeness (QED) is 0.322. The molecule has 13 heteroatoms. The zero-order valence-corrected chi connectivity index (χ0v) is 21.0. The fourth-order valence-corrected chi connectivity index (χ4v) is 5.79. The molecule has 0 amide bonds. The van der Waals surface area contributed by atoms with Gasteiger partial charge in [-0.25, -0.2) is 13.6 Å². The number of fused-ring (bicyclic) bond motifs is 1. The first-order valence-electron chi connectivity index (χ1n) is 11.6. The van der Waals surface area contributed by atoms with Crippen molar-refractivity contribution in [1.82, 2.24) is 23.7 Å². The largest absolute Gasteiger partial charge is 0.354 e. The zero-order valence-electron chi connectivity index (χ0n) is 19.4. The van der Waals surface area contributed by atoms with E-state index in [0.29, 0.717) is 47.2 Å². The molecule has 34 heavy (non-hydrogen) atoms. The lowest BCUT2D eigenvalue weighted by molar-refractivity contribution is 0.282. The minimum Gasteiger partial charge on any atom is -0.354 e. The molecule has 0 atom stereocenters. The number of anilines is 3. The van der Waals surface area contributed by atoms with Gasteiger partial charge in [0, 0.05) is 25.2 Å². The number of hydrogen-bond donors (Lipinski definition) is 4. The molecule has 1 fully saturated rings. The van der Waals surface area contributed by atoms with Crippen LogP contribution in [0.25, 0.3) is 11.0 Å². The summed E-state index contributed by atoms with van der Waals surface area (Å²) in [6.07, 6.45) is 4.73. The van der Waals surface area contributed by atoms with E-state index in [-0.39, 0.29) is 4.90 Å². The molecule has 1 aliphatic rings. The van der Waals surface area contributed by atoms with Crippen molar-refractivity contribution < 1.29 is 8.42 Å². The number of rotatable bonds is 10. The van der Waals surface area contributed by atoms with E-state index in [1.54, 1.807) is 12.1 Å². The number of benzene rings is 1. The first-order chi connectivity index (χ1) is 16.4. The second-order valence-corrected chi connectivity index (χ2v) is 10.6. The van der Waals surface area contributed by atoms with Gasteiger partial charge < -0.3 is 16.0 Å². The van der Waals surface area contributed by atoms with Crippen LogP contribution in [0.4, 0.5) is 17.8 Å². The minimum atomic E-state index is -3.82. The van der Waals surface area contributed by atoms with Gasteiger partial charge in [0.15, 0.2) is 0 Å². The summed E-state index contributed by atoms with van der Waals surface area (Å²) in [4.78, 5) is 13.4. The first-order valence-corrected chi connectivity index (χ1v) is 13.9. The predicted octanol–water partition coefficient (Wildman–Crippen LogP) is 2.85. The maximum absolute atomic E-state index is 12.2. The SMILES string of the molecule is CCNc1nc(NCC)nc(NCC2CCC(Cc3c(S(N)(=O)=O)ccc4nsnc34)CC2)n1. The molecule has 1 aromatic carbocycles. The summed E-state index contributed by atoms with van der Waals surface area (Å²) in [5.41, 5.74) is 2.08. The van der Waals surface area contributed by atoms with E-state index in [9.17, 15) is 8.42 Å². The molecule has 184 valence electrons. The molecule has 2 heterocycles. The Hall–Kier alpha value is -2.64. The lowest BCUT2D eigenvalue weighted by Crippen LogP contribution is -2.24. The molecule has 0 spiro atoms. The van der Waals surface area contributed by atoms with Gasteiger partial charge in [0.1, 0.15) is 11.0 Å². The summed E-state index contributed by atoms with van der Waals surface area (Å²) >= 11 is 1.09. The van der Waals surface area contributed by atoms with Gasteiger partial charge in [0.25, 0.3) is 0 Å². The van der Waals surface area contributed by atoms with Crippen molar-refractivity contribution in [3.05, 3.63) is 17.7 Å². The maximum Gasteiger partial charge on any atom is 0.238 e. The van der Waals surface area contributed by atoms with E-state index >= 15 is 0 Å². The molecular formula is C21H31N9O2S2. The molecule has 5 N–H and O–H groups in total. The Morgan fingerprint density at radius 1 is 0.912 bits per heavy atom. The Morgan fingerprint density at radius 3 is 2.09 bits per heavy atom. The Labute approximate surface area is 203 Å². The van der Waals surface area contributed by atoms with Crippen LogP contribution in [0.3, 0.4) is 0 Å². The Morgan fingerprint density at radius 2 is 1.50 bits per heavy atom. The van der Waals surface area contributed by atoms with Crippen LogP contribution in [0.2, 0.25) is 0 Å². The molecule has 1 saturated carbocycles. The highest BCUT2D eigenvalue weighted by atomic mass is 32.2. The summed E-state index contributed by atoms with van der Waals surface area (Å²) in [6, 6.07) is 3.23. The van der Waals surface area contributed by atoms with Crippen molar-refractivity contribution in [3.8, 4) is 0 Å². The number of nitrogens with one attached hydrogen (secondary N) is 3. The van der Waals surface area contributed by atoms with E-state index in [1.165, 1.54) is 0 Å². The Balaban J connectivity index is 1.37. The normalized spacial score (nSPS) is 18.7. The molecule has 3 aromatic rings. The third kappa shape index (κ3) is 5.88. The maximum atomic E-state index is 12.2. The standard InChI is InChI=1S/C21H31N9O2S2/c1-3-23-19-26-20(24-4-2)28-21(27-19)25-12-14-7-5-13(6-8-14)11-15-17(34(22,31)32)10-9-16-18(15)30-33-29-16/h9-10,13-14H,3-8,11-12H2,1-2H3,(H2,22,31,32)(H3,23,24,25,26,27,28). The molecule has 0 radical (unpaired) electrons. The molecule has 0 aliphatic heterocycles. The summed E-state index contributed by atoms with van der Waals surface area (Å²) in [6.45, 7) is 6.24. The fourth-order valence-electron chi connectivity index (χ4n) is 4.44. The molecule has 4 rings (SSSR count). The van der Waals surface area contributed by atoms with Crippen LogP contribution in [0.1, 0.15) is 45.1 Å². The fraction of sp³-hybridized carbons (Fsp3) is 0.571. The summed E-state index contributed by atoms with van der Waals surface area (Å²) in [7, 11) is -3.82. The van der Waals surface area contributed by atoms with Crippen LogP contribution in [0.15, 0.2) is 17.0 Å². The van der Waals surface area contributed by atoms with Crippen LogP contribution >= 0.6 is 11.7 Å². The topological polar surface area (TPSA) is 161 Å². The second-order valence-electron chi connectivity index (χ2n) is 8.56. The molecule has 0 bridgehead atoms. The van der Waals surface area contributed by atoms with Gasteiger partial charge in [-0.3, -0.25) is 0 Å². The van der Waals surface area contributed by atoms with Crippen LogP contribution in [-0.2, 0) is 16.4 Å². The van der Waals surface area contributed by atoms with Crippen LogP contribution in [-0.4, -0.2) is 51.8 Å². The van der Waals surface area contributed by atoms with Gasteiger partial charge in [-0.15, -0.1) is 0 Å². The molecule has 11 nitrogen and oxygen atoms in total. The number of aromatic nitrogens is 5. The summed E-state index contributed by atoms with van der Waals surface area (Å²) in [5, 5.41) is 15.1. The van der Waals surface area contributed by atoms with Crippen LogP contribution in [0.5, 0.6) is 0 Å². The van der Waals surface area contributed by atoms with Gasteiger partial charge in [0.05, 0.1) is 16.6 Å². The number of hydrogen-bond acceptors (Lipinski definition) is 11. The van der Waals surface area contributed by atoms with Crippen molar-refractivity contribution in [1.29, 1.82) is 0 Å². The smallest absolute Gasteiger partial charge is 0.238 e. The van der Waals surface area contributed by atoms with Gasteiger partial charge >= 0.3 is 0 Å². The molecule has 0 unspecified atom stereocenters. The van der Waals surface area contributed by atoms with E-state index in [0.717, 1.165) is 62.6 Å². The van der Waals surface area contributed by atoms with Crippen molar-refractivity contribution in [3.63, 3.8) is 0 Å². The van der Waals surface area contributed by atoms with Gasteiger partial charge in [-0.05, 0) is 69.9 Å². The number of nitrogens with two attached hydrogens (primary N) is 1. The van der Waals surface area contributed by atoms with Gasteiger partial charge in [-0.1, -0.05) is 0 Å². The Kier molecular flexibility index (Phi) is 7.73. The van der Waals surface area contributed by atoms with E-state index in [2.05, 4.69) is 39.6 Å². The van der Waals surface area contributed by atoms with Crippen molar-refractivity contribution in [2.45, 2.75) is 50.8 Å². The summed E-state index contributed by atoms with van der Waals surface area (Å²) in [5.74, 6) is 2.53. The number of sulfonamides is 1. The first kappa shape index (κ1) is 24.5. The predicted molar refractivity (Wildman–Crippen MR) is 135 cm³/mol. The third-order valence-corrected chi connectivity index (χ3v) is 7.65. The van der Waals surface area contributed by atoms with Crippen molar-refractivity contribution in [2.75, 3.05) is 35.6 Å². The third-order valence-electron chi connectivity index (χ3n) is 6.11. The van der Waals surface area contributed by atoms with E-state index < -0.39 is 10.0 Å². The zero-order chi connectivity index (χ0) is 24.1. The molecule has 2 aromatic heterocycles. The van der Waals surface area contributed by atoms with Crippen LogP contribution in [0, 0.1) is 11.8 Å². The van der Waals surface area contributed by atoms with Crippen molar-refractivity contribution >= 4 is 50.6 Å². The minimum absolute atomic E-state index is 0.166. The summed E-state index contributed by atoms with van der Waals surface area (Å²) < 4.78 is 32.9. The number of primary sulfonamides is 1. The van der Waals surface area contributed by atoms with Crippen LogP contribution < -0.4 is 21.1 Å². The van der Waals surface area contributed by atoms with Gasteiger partial charge in [0.2, 0.25) is 27.9 Å². The molecule has 1 aliphatic carbocycles. The van der Waals surface area contributed by atoms with E-state index in [4.69, 9.17) is 5.14 Å². The average molecular weight is 506 g/mol. The highest BCUT2D eigenvalue weighted by molar-refractivity contribution is 7.89. The van der Waals surface area contributed by atoms with Crippen molar-refractivity contribution in [2.24, 2.45) is 17.0 Å². The van der Waals surface area contributed by atoms with Gasteiger partial charge in [-0.2, -0.15) is 23.7 Å². The lowest BCUT2D eigenvalue weighted by atomic mass is 9.79. The average Bonchev–Trinajstić information content (AvgIpc) is 3.28. The Bertz CT molecular complexity index is 1200. The van der Waals surface area contributed by atoms with E-state index in [1.807, 2.05) is 13.8 Å². The molecule has 0 saturated heterocycles. The molecular weight excluding hydrogens is 474 g/mol. The monoisotopic (exact) mass is 505 g/mol. The number of nitrogens with zero attached hydrogens (tertiary/aromatic N) is 5. The lowest BCUT2D eigenvalue weighted by Gasteiger charge is -2.29. The second kappa shape index (κ2) is 10.7. The highest BCUT2D eigenvalue weighted by Gasteiger charge is 2.26.